The summed E-state index contributed by atoms with van der Waals surface area (Å²) in [6.45, 7) is -0.308. The number of hydrogen-bond donors (Lipinski definition) is 2. The minimum atomic E-state index is -0.622. The molecule has 2 aromatic carbocycles. The first-order valence-electron chi connectivity index (χ1n) is 7.27. The van der Waals surface area contributed by atoms with E-state index in [-0.39, 0.29) is 22.9 Å². The third-order valence-corrected chi connectivity index (χ3v) is 3.80. The fraction of sp³-hybridized carbons (Fsp3) is 0.118. The summed E-state index contributed by atoms with van der Waals surface area (Å²) in [5, 5.41) is 0.759. The lowest BCUT2D eigenvalue weighted by atomic mass is 10.1. The minimum absolute atomic E-state index is 0.262. The van der Waals surface area contributed by atoms with Crippen LogP contribution in [0, 0.1) is 0 Å². The smallest absolute Gasteiger partial charge is 0.259 e. The van der Waals surface area contributed by atoms with Crippen LogP contribution in [0.5, 0.6) is 11.5 Å². The second-order valence-electron chi connectivity index (χ2n) is 5.17. The van der Waals surface area contributed by atoms with E-state index in [9.17, 15) is 9.59 Å². The van der Waals surface area contributed by atoms with E-state index in [2.05, 4.69) is 9.97 Å². The van der Waals surface area contributed by atoms with Crippen LogP contribution in [0.25, 0.3) is 22.3 Å². The number of nitrogens with one attached hydrogen (secondary N) is 1. The monoisotopic (exact) mass is 359 g/mol. The van der Waals surface area contributed by atoms with Gasteiger partial charge in [0, 0.05) is 11.6 Å². The van der Waals surface area contributed by atoms with Crippen molar-refractivity contribution in [2.45, 2.75) is 0 Å². The lowest BCUT2D eigenvalue weighted by molar-refractivity contribution is -0.119. The van der Waals surface area contributed by atoms with Crippen molar-refractivity contribution in [1.82, 2.24) is 9.97 Å². The van der Waals surface area contributed by atoms with E-state index in [4.69, 9.17) is 26.8 Å². The fourth-order valence-electron chi connectivity index (χ4n) is 2.35. The molecule has 3 aromatic rings. The number of H-pyrrole nitrogens is 1. The third kappa shape index (κ3) is 3.41. The normalized spacial score (nSPS) is 10.6. The van der Waals surface area contributed by atoms with Gasteiger partial charge in [-0.2, -0.15) is 0 Å². The number of nitrogens with zero attached hydrogens (tertiary/aromatic N) is 1. The van der Waals surface area contributed by atoms with E-state index in [1.165, 1.54) is 13.2 Å². The molecule has 1 aromatic heterocycles. The Morgan fingerprint density at radius 1 is 1.28 bits per heavy atom. The van der Waals surface area contributed by atoms with Crippen LogP contribution in [0.2, 0.25) is 5.02 Å². The molecular weight excluding hydrogens is 346 g/mol. The largest absolute Gasteiger partial charge is 0.493 e. The van der Waals surface area contributed by atoms with Crippen LogP contribution >= 0.6 is 11.6 Å². The zero-order valence-corrected chi connectivity index (χ0v) is 14.0. The number of hydrogen-bond acceptors (Lipinski definition) is 5. The summed E-state index contributed by atoms with van der Waals surface area (Å²) < 4.78 is 10.5. The van der Waals surface area contributed by atoms with Crippen molar-refractivity contribution in [3.05, 3.63) is 51.8 Å². The summed E-state index contributed by atoms with van der Waals surface area (Å²) >= 11 is 6.30. The molecule has 8 heteroatoms. The van der Waals surface area contributed by atoms with Gasteiger partial charge < -0.3 is 20.2 Å². The number of fused-ring (bicyclic) bond motifs is 1. The zero-order chi connectivity index (χ0) is 18.0. The van der Waals surface area contributed by atoms with Gasteiger partial charge in [-0.15, -0.1) is 0 Å². The van der Waals surface area contributed by atoms with Crippen LogP contribution in [0.1, 0.15) is 0 Å². The molecule has 0 fully saturated rings. The maximum atomic E-state index is 12.2. The molecule has 0 aliphatic rings. The molecule has 0 radical (unpaired) electrons. The summed E-state index contributed by atoms with van der Waals surface area (Å²) in [5.74, 6) is 0.269. The van der Waals surface area contributed by atoms with Crippen molar-refractivity contribution in [3.8, 4) is 22.9 Å². The second kappa shape index (κ2) is 6.82. The average Bonchev–Trinajstić information content (AvgIpc) is 2.60. The minimum Gasteiger partial charge on any atom is -0.493 e. The molecule has 0 aliphatic carbocycles. The molecule has 0 aliphatic heterocycles. The number of ether oxygens (including phenoxy) is 2. The van der Waals surface area contributed by atoms with Gasteiger partial charge in [-0.25, -0.2) is 4.98 Å². The van der Waals surface area contributed by atoms with Gasteiger partial charge in [0.05, 0.1) is 23.0 Å². The Kier molecular flexibility index (Phi) is 4.58. The molecule has 0 unspecified atom stereocenters. The number of methoxy groups -OCH3 is 1. The van der Waals surface area contributed by atoms with Gasteiger partial charge >= 0.3 is 0 Å². The van der Waals surface area contributed by atoms with Crippen LogP contribution in [-0.2, 0) is 4.79 Å². The number of aromatic nitrogens is 2. The van der Waals surface area contributed by atoms with Gasteiger partial charge in [0.1, 0.15) is 5.82 Å². The van der Waals surface area contributed by atoms with Gasteiger partial charge in [-0.05, 0) is 18.2 Å². The van der Waals surface area contributed by atoms with Crippen molar-refractivity contribution in [2.75, 3.05) is 13.7 Å². The Bertz CT molecular complexity index is 1020. The van der Waals surface area contributed by atoms with Gasteiger partial charge in [0.2, 0.25) is 0 Å². The number of aromatic amines is 1. The summed E-state index contributed by atoms with van der Waals surface area (Å²) in [6, 6.07) is 10.0. The Hall–Kier alpha value is -3.06. The van der Waals surface area contributed by atoms with Gasteiger partial charge in [0.15, 0.2) is 18.1 Å². The number of amides is 1. The highest BCUT2D eigenvalue weighted by Gasteiger charge is 2.15. The maximum Gasteiger partial charge on any atom is 0.259 e. The Morgan fingerprint density at radius 2 is 2.04 bits per heavy atom. The summed E-state index contributed by atoms with van der Waals surface area (Å²) in [4.78, 5) is 30.3. The number of halogens is 1. The van der Waals surface area contributed by atoms with Crippen molar-refractivity contribution in [3.63, 3.8) is 0 Å². The molecular formula is C17H14ClN3O4. The van der Waals surface area contributed by atoms with E-state index in [1.54, 1.807) is 30.3 Å². The van der Waals surface area contributed by atoms with E-state index in [1.807, 2.05) is 0 Å². The highest BCUT2D eigenvalue weighted by atomic mass is 35.5. The van der Waals surface area contributed by atoms with Crippen molar-refractivity contribution in [2.24, 2.45) is 5.73 Å². The van der Waals surface area contributed by atoms with Crippen LogP contribution < -0.4 is 20.8 Å². The molecule has 1 heterocycles. The van der Waals surface area contributed by atoms with Crippen LogP contribution in [0.4, 0.5) is 0 Å². The molecule has 25 heavy (non-hydrogen) atoms. The summed E-state index contributed by atoms with van der Waals surface area (Å²) in [6.07, 6.45) is 0. The molecule has 0 saturated carbocycles. The van der Waals surface area contributed by atoms with Crippen molar-refractivity contribution in [1.29, 1.82) is 0 Å². The Morgan fingerprint density at radius 3 is 2.76 bits per heavy atom. The number of carbonyl (C=O) groups excluding carboxylic acids is 1. The molecule has 3 N–H and O–H groups in total. The number of rotatable bonds is 5. The Labute approximate surface area is 147 Å². The topological polar surface area (TPSA) is 107 Å². The van der Waals surface area contributed by atoms with Crippen molar-refractivity contribution < 1.29 is 14.3 Å². The predicted octanol–water partition coefficient (Wildman–Crippen LogP) is 2.12. The lowest BCUT2D eigenvalue weighted by Gasteiger charge is -2.13. The quantitative estimate of drug-likeness (QED) is 0.725. The average molecular weight is 360 g/mol. The van der Waals surface area contributed by atoms with Gasteiger partial charge in [-0.3, -0.25) is 9.59 Å². The maximum absolute atomic E-state index is 12.2. The van der Waals surface area contributed by atoms with Crippen LogP contribution in [0.15, 0.2) is 41.2 Å². The number of para-hydroxylation sites is 1. The first kappa shape index (κ1) is 16.8. The SMILES string of the molecule is COc1cc(-c2nc3ccccc3c(=O)[nH]2)c(Cl)cc1OCC(N)=O. The number of nitrogens with two attached hydrogens (primary N) is 1. The highest BCUT2D eigenvalue weighted by Crippen LogP contribution is 2.37. The van der Waals surface area contributed by atoms with Crippen LogP contribution in [0.3, 0.4) is 0 Å². The highest BCUT2D eigenvalue weighted by molar-refractivity contribution is 6.33. The standard InChI is InChI=1S/C17H14ClN3O4/c1-24-13-6-10(11(18)7-14(13)25-8-15(19)22)16-20-12-5-3-2-4-9(12)17(23)21-16/h2-7H,8H2,1H3,(H2,19,22)(H,20,21,23). The first-order chi connectivity index (χ1) is 12.0. The molecule has 1 amide bonds. The molecule has 0 spiro atoms. The molecule has 0 atom stereocenters. The van der Waals surface area contributed by atoms with Gasteiger partial charge in [-0.1, -0.05) is 23.7 Å². The number of benzene rings is 2. The molecule has 0 saturated heterocycles. The molecule has 3 rings (SSSR count). The van der Waals surface area contributed by atoms with E-state index in [0.717, 1.165) is 0 Å². The van der Waals surface area contributed by atoms with Crippen molar-refractivity contribution >= 4 is 28.4 Å². The summed E-state index contributed by atoms with van der Waals surface area (Å²) in [7, 11) is 1.45. The van der Waals surface area contributed by atoms with E-state index >= 15 is 0 Å². The Balaban J connectivity index is 2.11. The predicted molar refractivity (Wildman–Crippen MR) is 94.1 cm³/mol. The number of carbonyl (C=O) groups is 1. The first-order valence-corrected chi connectivity index (χ1v) is 7.65. The third-order valence-electron chi connectivity index (χ3n) is 3.49. The number of primary amides is 1. The summed E-state index contributed by atoms with van der Waals surface area (Å²) in [5.41, 5.74) is 5.81. The second-order valence-corrected chi connectivity index (χ2v) is 5.58. The fourth-order valence-corrected chi connectivity index (χ4v) is 2.59. The molecule has 7 nitrogen and oxygen atoms in total. The zero-order valence-electron chi connectivity index (χ0n) is 13.2. The van der Waals surface area contributed by atoms with Gasteiger partial charge in [0.25, 0.3) is 11.5 Å². The van der Waals surface area contributed by atoms with Crippen LogP contribution in [-0.4, -0.2) is 29.6 Å². The van der Waals surface area contributed by atoms with E-state index in [0.29, 0.717) is 28.0 Å². The molecule has 128 valence electrons. The lowest BCUT2D eigenvalue weighted by Crippen LogP contribution is -2.20. The molecule has 0 bridgehead atoms. The van der Waals surface area contributed by atoms with E-state index < -0.39 is 5.91 Å².